The van der Waals surface area contributed by atoms with E-state index in [1.54, 1.807) is 11.3 Å². The van der Waals surface area contributed by atoms with Gasteiger partial charge >= 0.3 is 0 Å². The molecule has 3 nitrogen and oxygen atoms in total. The fourth-order valence-electron chi connectivity index (χ4n) is 1.56. The van der Waals surface area contributed by atoms with Crippen molar-refractivity contribution in [2.45, 2.75) is 46.3 Å². The lowest BCUT2D eigenvalue weighted by Crippen LogP contribution is -2.48. The Morgan fingerprint density at radius 2 is 2.06 bits per heavy atom. The average Bonchev–Trinajstić information content (AvgIpc) is 2.76. The molecule has 0 aliphatic carbocycles. The molecule has 0 saturated heterocycles. The Morgan fingerprint density at radius 3 is 2.47 bits per heavy atom. The first-order valence-corrected chi connectivity index (χ1v) is 6.90. The molecule has 1 aromatic rings. The summed E-state index contributed by atoms with van der Waals surface area (Å²) in [5, 5.41) is 2.03. The lowest BCUT2D eigenvalue weighted by molar-refractivity contribution is -0.135. The quantitative estimate of drug-likeness (QED) is 0.877. The summed E-state index contributed by atoms with van der Waals surface area (Å²) in [6.45, 7) is 8.67. The maximum atomic E-state index is 12.3. The highest BCUT2D eigenvalue weighted by atomic mass is 32.1. The van der Waals surface area contributed by atoms with Gasteiger partial charge in [0.2, 0.25) is 5.91 Å². The van der Waals surface area contributed by atoms with Crippen LogP contribution in [0.3, 0.4) is 0 Å². The minimum atomic E-state index is -0.405. The predicted octanol–water partition coefficient (Wildman–Crippen LogP) is 2.47. The number of nitrogens with two attached hydrogens (primary N) is 1. The average molecular weight is 254 g/mol. The maximum absolute atomic E-state index is 12.3. The fraction of sp³-hybridized carbons (Fsp3) is 0.615. The van der Waals surface area contributed by atoms with Crippen LogP contribution in [-0.4, -0.2) is 22.9 Å². The first-order valence-electron chi connectivity index (χ1n) is 6.02. The summed E-state index contributed by atoms with van der Waals surface area (Å²) in [6.07, 6.45) is 0. The summed E-state index contributed by atoms with van der Waals surface area (Å²) in [5.74, 6) is 0.218. The number of thiophene rings is 1. The molecule has 0 fully saturated rings. The van der Waals surface area contributed by atoms with Crippen molar-refractivity contribution in [1.29, 1.82) is 0 Å². The number of carbonyl (C=O) groups excluding carboxylic acids is 1. The third-order valence-corrected chi connectivity index (χ3v) is 3.68. The highest BCUT2D eigenvalue weighted by Crippen LogP contribution is 2.16. The second kappa shape index (κ2) is 6.17. The second-order valence-corrected chi connectivity index (χ2v) is 5.94. The van der Waals surface area contributed by atoms with Gasteiger partial charge in [0.25, 0.3) is 0 Å². The summed E-state index contributed by atoms with van der Waals surface area (Å²) < 4.78 is 0. The molecule has 0 bridgehead atoms. The van der Waals surface area contributed by atoms with E-state index in [0.29, 0.717) is 6.54 Å². The molecule has 0 aliphatic heterocycles. The molecule has 17 heavy (non-hydrogen) atoms. The van der Waals surface area contributed by atoms with Crippen molar-refractivity contribution in [3.05, 3.63) is 22.4 Å². The van der Waals surface area contributed by atoms with E-state index in [9.17, 15) is 4.79 Å². The highest BCUT2D eigenvalue weighted by molar-refractivity contribution is 7.09. The number of carbonyl (C=O) groups is 1. The van der Waals surface area contributed by atoms with Gasteiger partial charge in [-0.1, -0.05) is 19.9 Å². The number of nitrogens with zero attached hydrogens (tertiary/aromatic N) is 1. The molecule has 1 atom stereocenters. The van der Waals surface area contributed by atoms with Crippen molar-refractivity contribution in [3.63, 3.8) is 0 Å². The van der Waals surface area contributed by atoms with Crippen LogP contribution in [0.15, 0.2) is 17.5 Å². The van der Waals surface area contributed by atoms with Gasteiger partial charge in [-0.25, -0.2) is 0 Å². The first-order chi connectivity index (χ1) is 7.93. The molecule has 1 aromatic heterocycles. The van der Waals surface area contributed by atoms with E-state index in [-0.39, 0.29) is 17.9 Å². The lowest BCUT2D eigenvalue weighted by Gasteiger charge is -2.30. The fourth-order valence-corrected chi connectivity index (χ4v) is 2.26. The molecule has 1 unspecified atom stereocenters. The molecule has 0 radical (unpaired) electrons. The van der Waals surface area contributed by atoms with Crippen molar-refractivity contribution in [3.8, 4) is 0 Å². The van der Waals surface area contributed by atoms with Crippen molar-refractivity contribution >= 4 is 17.2 Å². The largest absolute Gasteiger partial charge is 0.334 e. The van der Waals surface area contributed by atoms with Gasteiger partial charge in [-0.2, -0.15) is 0 Å². The number of rotatable bonds is 5. The third kappa shape index (κ3) is 3.82. The van der Waals surface area contributed by atoms with Crippen molar-refractivity contribution in [1.82, 2.24) is 4.90 Å². The summed E-state index contributed by atoms with van der Waals surface area (Å²) >= 11 is 1.67. The van der Waals surface area contributed by atoms with E-state index >= 15 is 0 Å². The topological polar surface area (TPSA) is 46.3 Å². The molecule has 1 amide bonds. The zero-order valence-corrected chi connectivity index (χ0v) is 11.8. The highest BCUT2D eigenvalue weighted by Gasteiger charge is 2.25. The van der Waals surface area contributed by atoms with Gasteiger partial charge in [-0.05, 0) is 31.2 Å². The third-order valence-electron chi connectivity index (χ3n) is 2.82. The Labute approximate surface area is 108 Å². The molecule has 0 aromatic carbocycles. The van der Waals surface area contributed by atoms with Gasteiger partial charge in [-0.15, -0.1) is 11.3 Å². The van der Waals surface area contributed by atoms with Gasteiger partial charge in [0.15, 0.2) is 0 Å². The van der Waals surface area contributed by atoms with Crippen LogP contribution in [0.25, 0.3) is 0 Å². The summed E-state index contributed by atoms with van der Waals surface area (Å²) in [4.78, 5) is 15.3. The van der Waals surface area contributed by atoms with Gasteiger partial charge < -0.3 is 10.6 Å². The van der Waals surface area contributed by atoms with Crippen LogP contribution in [0.4, 0.5) is 0 Å². The minimum absolute atomic E-state index is 0.0448. The van der Waals surface area contributed by atoms with Crippen LogP contribution >= 0.6 is 11.3 Å². The molecule has 0 spiro atoms. The maximum Gasteiger partial charge on any atom is 0.240 e. The molecule has 1 heterocycles. The SMILES string of the molecule is CC(C)C(N)C(=O)N(Cc1cccs1)C(C)C. The van der Waals surface area contributed by atoms with Crippen molar-refractivity contribution in [2.75, 3.05) is 0 Å². The van der Waals surface area contributed by atoms with E-state index in [1.165, 1.54) is 4.88 Å². The van der Waals surface area contributed by atoms with Crippen LogP contribution in [0.1, 0.15) is 32.6 Å². The van der Waals surface area contributed by atoms with Crippen LogP contribution in [-0.2, 0) is 11.3 Å². The Bertz CT molecular complexity index is 346. The Kier molecular flexibility index (Phi) is 5.15. The molecular weight excluding hydrogens is 232 g/mol. The molecule has 96 valence electrons. The summed E-state index contributed by atoms with van der Waals surface area (Å²) in [5.41, 5.74) is 5.94. The van der Waals surface area contributed by atoms with E-state index in [4.69, 9.17) is 5.73 Å². The van der Waals surface area contributed by atoms with E-state index < -0.39 is 6.04 Å². The Morgan fingerprint density at radius 1 is 1.41 bits per heavy atom. The van der Waals surface area contributed by atoms with Crippen LogP contribution in [0.5, 0.6) is 0 Å². The predicted molar refractivity (Wildman–Crippen MR) is 72.8 cm³/mol. The van der Waals surface area contributed by atoms with Crippen LogP contribution in [0.2, 0.25) is 0 Å². The molecule has 2 N–H and O–H groups in total. The van der Waals surface area contributed by atoms with Gasteiger partial charge in [-0.3, -0.25) is 4.79 Å². The van der Waals surface area contributed by atoms with Gasteiger partial charge in [0.05, 0.1) is 12.6 Å². The summed E-state index contributed by atoms with van der Waals surface area (Å²) in [7, 11) is 0. The number of amides is 1. The van der Waals surface area contributed by atoms with Gasteiger partial charge in [0.1, 0.15) is 0 Å². The molecule has 0 aliphatic rings. The van der Waals surface area contributed by atoms with E-state index in [2.05, 4.69) is 0 Å². The van der Waals surface area contributed by atoms with Crippen molar-refractivity contribution < 1.29 is 4.79 Å². The van der Waals surface area contributed by atoms with Gasteiger partial charge in [0, 0.05) is 10.9 Å². The van der Waals surface area contributed by atoms with Crippen LogP contribution < -0.4 is 5.73 Å². The van der Waals surface area contributed by atoms with E-state index in [0.717, 1.165) is 0 Å². The monoisotopic (exact) mass is 254 g/mol. The Balaban J connectivity index is 2.76. The number of hydrogen-bond acceptors (Lipinski definition) is 3. The smallest absolute Gasteiger partial charge is 0.240 e. The normalized spacial score (nSPS) is 13.1. The number of hydrogen-bond donors (Lipinski definition) is 1. The van der Waals surface area contributed by atoms with Crippen molar-refractivity contribution in [2.24, 2.45) is 11.7 Å². The lowest BCUT2D eigenvalue weighted by atomic mass is 10.0. The van der Waals surface area contributed by atoms with Crippen LogP contribution in [0, 0.1) is 5.92 Å². The Hall–Kier alpha value is -0.870. The second-order valence-electron chi connectivity index (χ2n) is 4.91. The zero-order chi connectivity index (χ0) is 13.0. The summed E-state index contributed by atoms with van der Waals surface area (Å²) in [6, 6.07) is 3.83. The molecule has 1 rings (SSSR count). The first kappa shape index (κ1) is 14.2. The molecule has 4 heteroatoms. The molecule has 0 saturated carbocycles. The minimum Gasteiger partial charge on any atom is -0.334 e. The zero-order valence-electron chi connectivity index (χ0n) is 11.0. The molecular formula is C13H22N2OS. The van der Waals surface area contributed by atoms with E-state index in [1.807, 2.05) is 50.1 Å². The standard InChI is InChI=1S/C13H22N2OS/c1-9(2)12(14)13(16)15(10(3)4)8-11-6-5-7-17-11/h5-7,9-10,12H,8,14H2,1-4H3.